The third-order valence-corrected chi connectivity index (χ3v) is 5.27. The van der Waals surface area contributed by atoms with Gasteiger partial charge in [0.25, 0.3) is 5.91 Å². The van der Waals surface area contributed by atoms with Crippen molar-refractivity contribution in [2.75, 3.05) is 0 Å². The lowest BCUT2D eigenvalue weighted by atomic mass is 9.95. The zero-order valence-electron chi connectivity index (χ0n) is 17.2. The zero-order valence-corrected chi connectivity index (χ0v) is 18.0. The molecule has 0 aliphatic heterocycles. The molecule has 0 fully saturated rings. The quantitative estimate of drug-likeness (QED) is 0.387. The van der Waals surface area contributed by atoms with Gasteiger partial charge in [0.05, 0.1) is 5.92 Å². The Labute approximate surface area is 189 Å². The Morgan fingerprint density at radius 1 is 1.06 bits per heavy atom. The number of H-pyrrole nitrogens is 1. The maximum absolute atomic E-state index is 12.6. The second-order valence-electron chi connectivity index (χ2n) is 7.53. The molecule has 1 heterocycles. The fraction of sp³-hybridized carbons (Fsp3) is 0.217. The number of nitrogens with zero attached hydrogens (tertiary/aromatic N) is 1. The Morgan fingerprint density at radius 3 is 2.38 bits per heavy atom. The fourth-order valence-electron chi connectivity index (χ4n) is 3.32. The molecule has 0 bridgehead atoms. The van der Waals surface area contributed by atoms with Crippen molar-refractivity contribution in [3.8, 4) is 11.1 Å². The molecule has 2 aromatic carbocycles. The van der Waals surface area contributed by atoms with E-state index in [1.165, 1.54) is 0 Å². The van der Waals surface area contributed by atoms with Crippen LogP contribution in [0.5, 0.6) is 0 Å². The van der Waals surface area contributed by atoms with Gasteiger partial charge in [-0.1, -0.05) is 54.9 Å². The first-order chi connectivity index (χ1) is 15.2. The summed E-state index contributed by atoms with van der Waals surface area (Å²) in [4.78, 5) is 34.9. The minimum Gasteiger partial charge on any atom is -0.481 e. The maximum atomic E-state index is 12.6. The van der Waals surface area contributed by atoms with Gasteiger partial charge in [0.15, 0.2) is 5.69 Å². The summed E-state index contributed by atoms with van der Waals surface area (Å²) in [6.45, 7) is 1.57. The molecular formula is C23H22ClN3O5. The van der Waals surface area contributed by atoms with Crippen LogP contribution in [0.2, 0.25) is 5.02 Å². The maximum Gasteiger partial charge on any atom is 0.356 e. The third-order valence-electron chi connectivity index (χ3n) is 5.03. The van der Waals surface area contributed by atoms with Crippen molar-refractivity contribution < 1.29 is 24.6 Å². The summed E-state index contributed by atoms with van der Waals surface area (Å²) in [6.07, 6.45) is 0.607. The number of halogens is 1. The summed E-state index contributed by atoms with van der Waals surface area (Å²) in [5.41, 5.74) is 2.58. The van der Waals surface area contributed by atoms with Crippen molar-refractivity contribution in [3.05, 3.63) is 76.6 Å². The van der Waals surface area contributed by atoms with Crippen LogP contribution in [0.3, 0.4) is 0 Å². The molecule has 0 radical (unpaired) electrons. The normalized spacial score (nSPS) is 12.7. The summed E-state index contributed by atoms with van der Waals surface area (Å²) in [5.74, 6) is -3.45. The number of carboxylic acid groups (broad SMARTS) is 2. The number of aliphatic carboxylic acids is 1. The Hall–Kier alpha value is -3.65. The van der Waals surface area contributed by atoms with E-state index in [9.17, 15) is 19.5 Å². The Bertz CT molecular complexity index is 1130. The highest BCUT2D eigenvalue weighted by Crippen LogP contribution is 2.23. The second kappa shape index (κ2) is 10.1. The third kappa shape index (κ3) is 5.95. The molecule has 1 amide bonds. The van der Waals surface area contributed by atoms with Gasteiger partial charge in [-0.2, -0.15) is 5.10 Å². The van der Waals surface area contributed by atoms with Crippen LogP contribution in [0.1, 0.15) is 39.9 Å². The average Bonchev–Trinajstić information content (AvgIpc) is 3.25. The van der Waals surface area contributed by atoms with E-state index in [0.717, 1.165) is 22.8 Å². The fourth-order valence-corrected chi connectivity index (χ4v) is 3.51. The largest absolute Gasteiger partial charge is 0.481 e. The molecule has 0 spiro atoms. The van der Waals surface area contributed by atoms with Crippen molar-refractivity contribution in [3.63, 3.8) is 0 Å². The first kappa shape index (κ1) is 23.0. The summed E-state index contributed by atoms with van der Waals surface area (Å²) >= 11 is 6.06. The van der Waals surface area contributed by atoms with Gasteiger partial charge in [-0.05, 0) is 41.7 Å². The van der Waals surface area contributed by atoms with E-state index < -0.39 is 29.8 Å². The number of carbonyl (C=O) groups is 3. The molecule has 4 N–H and O–H groups in total. The monoisotopic (exact) mass is 455 g/mol. The van der Waals surface area contributed by atoms with Crippen LogP contribution >= 0.6 is 11.6 Å². The number of carboxylic acids is 2. The molecule has 3 aromatic rings. The van der Waals surface area contributed by atoms with Crippen LogP contribution in [-0.4, -0.2) is 44.3 Å². The van der Waals surface area contributed by atoms with Crippen LogP contribution in [-0.2, 0) is 11.2 Å². The molecular weight excluding hydrogens is 434 g/mol. The molecule has 166 valence electrons. The zero-order chi connectivity index (χ0) is 23.3. The Kier molecular flexibility index (Phi) is 7.27. The lowest BCUT2D eigenvalue weighted by molar-refractivity contribution is -0.141. The molecule has 0 aliphatic rings. The van der Waals surface area contributed by atoms with Gasteiger partial charge < -0.3 is 15.5 Å². The van der Waals surface area contributed by atoms with Crippen LogP contribution in [0, 0.1) is 5.92 Å². The minimum absolute atomic E-state index is 0.00770. The van der Waals surface area contributed by atoms with Crippen LogP contribution < -0.4 is 5.32 Å². The van der Waals surface area contributed by atoms with Crippen LogP contribution in [0.15, 0.2) is 54.6 Å². The topological polar surface area (TPSA) is 132 Å². The summed E-state index contributed by atoms with van der Waals surface area (Å²) in [6, 6.07) is 15.8. The lowest BCUT2D eigenvalue weighted by Crippen LogP contribution is -2.38. The Balaban J connectivity index is 1.75. The molecule has 0 saturated heterocycles. The first-order valence-electron chi connectivity index (χ1n) is 9.90. The number of hydrogen-bond donors (Lipinski definition) is 4. The van der Waals surface area contributed by atoms with E-state index >= 15 is 0 Å². The molecule has 1 unspecified atom stereocenters. The number of benzene rings is 2. The van der Waals surface area contributed by atoms with E-state index in [1.807, 2.05) is 42.5 Å². The highest BCUT2D eigenvalue weighted by molar-refractivity contribution is 6.30. The van der Waals surface area contributed by atoms with Gasteiger partial charge in [-0.3, -0.25) is 14.7 Å². The minimum atomic E-state index is -1.25. The van der Waals surface area contributed by atoms with E-state index in [2.05, 4.69) is 15.5 Å². The number of amides is 1. The molecule has 1 aromatic heterocycles. The number of aromatic amines is 1. The molecule has 0 saturated carbocycles. The highest BCUT2D eigenvalue weighted by Gasteiger charge is 2.22. The van der Waals surface area contributed by atoms with Crippen molar-refractivity contribution >= 4 is 29.4 Å². The molecule has 9 heteroatoms. The molecule has 2 atom stereocenters. The predicted molar refractivity (Wildman–Crippen MR) is 119 cm³/mol. The van der Waals surface area contributed by atoms with Crippen molar-refractivity contribution in [2.45, 2.75) is 25.8 Å². The van der Waals surface area contributed by atoms with Crippen LogP contribution in [0.4, 0.5) is 0 Å². The lowest BCUT2D eigenvalue weighted by Gasteiger charge is -2.21. The Morgan fingerprint density at radius 2 is 1.78 bits per heavy atom. The summed E-state index contributed by atoms with van der Waals surface area (Å²) in [7, 11) is 0. The van der Waals surface area contributed by atoms with E-state index in [1.54, 1.807) is 13.0 Å². The van der Waals surface area contributed by atoms with Gasteiger partial charge in [0.1, 0.15) is 5.69 Å². The van der Waals surface area contributed by atoms with Gasteiger partial charge in [-0.15, -0.1) is 0 Å². The number of aromatic carboxylic acids is 1. The van der Waals surface area contributed by atoms with Crippen molar-refractivity contribution in [1.29, 1.82) is 0 Å². The highest BCUT2D eigenvalue weighted by atomic mass is 35.5. The number of carbonyl (C=O) groups excluding carboxylic acids is 1. The predicted octanol–water partition coefficient (Wildman–Crippen LogP) is 3.88. The number of hydrogen-bond acceptors (Lipinski definition) is 4. The van der Waals surface area contributed by atoms with Gasteiger partial charge in [-0.25, -0.2) is 4.79 Å². The number of nitrogens with one attached hydrogen (secondary N) is 2. The standard InChI is InChI=1S/C23H22ClN3O5/c1-13(22(29)30)9-18(25-21(28)19-12-20(23(31)32)27-26-19)10-14-5-7-15(8-6-14)16-3-2-4-17(24)11-16/h2-8,11-13,18H,9-10H2,1H3,(H,25,28)(H,26,27)(H,29,30)(H,31,32)/t13-,18?/m1/s1. The molecule has 3 rings (SSSR count). The smallest absolute Gasteiger partial charge is 0.356 e. The van der Waals surface area contributed by atoms with E-state index in [4.69, 9.17) is 16.7 Å². The summed E-state index contributed by atoms with van der Waals surface area (Å²) in [5, 5.41) is 27.7. The molecule has 0 aliphatic carbocycles. The molecule has 32 heavy (non-hydrogen) atoms. The second-order valence-corrected chi connectivity index (χ2v) is 7.97. The number of rotatable bonds is 9. The number of aromatic nitrogens is 2. The van der Waals surface area contributed by atoms with E-state index in [0.29, 0.717) is 11.4 Å². The van der Waals surface area contributed by atoms with E-state index in [-0.39, 0.29) is 17.8 Å². The van der Waals surface area contributed by atoms with Crippen LogP contribution in [0.25, 0.3) is 11.1 Å². The SMILES string of the molecule is C[C@H](CC(Cc1ccc(-c2cccc(Cl)c2)cc1)NC(=O)c1cc(C(=O)O)n[nH]1)C(=O)O. The van der Waals surface area contributed by atoms with Gasteiger partial charge in [0.2, 0.25) is 0 Å². The van der Waals surface area contributed by atoms with Gasteiger partial charge in [0, 0.05) is 17.1 Å². The summed E-state index contributed by atoms with van der Waals surface area (Å²) < 4.78 is 0. The first-order valence-corrected chi connectivity index (χ1v) is 10.3. The molecule has 8 nitrogen and oxygen atoms in total. The van der Waals surface area contributed by atoms with Gasteiger partial charge >= 0.3 is 11.9 Å². The van der Waals surface area contributed by atoms with Crippen molar-refractivity contribution in [2.24, 2.45) is 5.92 Å². The average molecular weight is 456 g/mol. The van der Waals surface area contributed by atoms with Crippen molar-refractivity contribution in [1.82, 2.24) is 15.5 Å².